The lowest BCUT2D eigenvalue weighted by atomic mass is 9.95. The molecule has 118 valence electrons. The molecule has 1 aliphatic rings. The molecule has 0 amide bonds. The van der Waals surface area contributed by atoms with Gasteiger partial charge in [-0.25, -0.2) is 4.98 Å². The predicted octanol–water partition coefficient (Wildman–Crippen LogP) is 3.68. The number of oxazole rings is 1. The monoisotopic (exact) mass is 300 g/mol. The predicted molar refractivity (Wildman–Crippen MR) is 85.7 cm³/mol. The van der Waals surface area contributed by atoms with Gasteiger partial charge in [0, 0.05) is 19.5 Å². The molecule has 1 atom stereocenters. The molecule has 1 N–H and O–H groups in total. The highest BCUT2D eigenvalue weighted by atomic mass is 16.3. The van der Waals surface area contributed by atoms with Crippen LogP contribution >= 0.6 is 0 Å². The molecule has 1 aromatic heterocycles. The number of aryl methyl sites for hydroxylation is 2. The fraction of sp³-hybridized carbons (Fsp3) is 0.500. The third-order valence-corrected chi connectivity index (χ3v) is 4.48. The summed E-state index contributed by atoms with van der Waals surface area (Å²) in [4.78, 5) is 6.97. The van der Waals surface area contributed by atoms with E-state index in [9.17, 15) is 5.11 Å². The quantitative estimate of drug-likeness (QED) is 0.915. The number of aromatic nitrogens is 1. The van der Waals surface area contributed by atoms with E-state index in [1.807, 2.05) is 19.1 Å². The summed E-state index contributed by atoms with van der Waals surface area (Å²) in [5, 5.41) is 9.36. The van der Waals surface area contributed by atoms with Gasteiger partial charge in [0.2, 0.25) is 0 Å². The molecule has 1 aromatic carbocycles. The van der Waals surface area contributed by atoms with Crippen molar-refractivity contribution < 1.29 is 9.52 Å². The molecule has 0 radical (unpaired) electrons. The van der Waals surface area contributed by atoms with Crippen molar-refractivity contribution in [1.82, 2.24) is 9.88 Å². The zero-order valence-corrected chi connectivity index (χ0v) is 13.2. The van der Waals surface area contributed by atoms with E-state index in [4.69, 9.17) is 4.42 Å². The molecule has 4 heteroatoms. The second-order valence-corrected chi connectivity index (χ2v) is 6.18. The molecule has 2 heterocycles. The van der Waals surface area contributed by atoms with Gasteiger partial charge in [-0.05, 0) is 49.9 Å². The van der Waals surface area contributed by atoms with Crippen LogP contribution in [0.4, 0.5) is 0 Å². The minimum Gasteiger partial charge on any atom is -0.508 e. The number of phenolic OH excluding ortho intramolecular Hbond substituents is 1. The van der Waals surface area contributed by atoms with Crippen LogP contribution in [-0.4, -0.2) is 27.6 Å². The smallest absolute Gasteiger partial charge is 0.191 e. The third kappa shape index (κ3) is 3.89. The average Bonchev–Trinajstić information content (AvgIpc) is 2.93. The van der Waals surface area contributed by atoms with Gasteiger partial charge in [0.05, 0.1) is 5.69 Å². The number of piperidine rings is 1. The van der Waals surface area contributed by atoms with E-state index in [-0.39, 0.29) is 0 Å². The lowest BCUT2D eigenvalue weighted by Crippen LogP contribution is -2.39. The fourth-order valence-corrected chi connectivity index (χ4v) is 3.28. The van der Waals surface area contributed by atoms with E-state index in [1.54, 1.807) is 18.4 Å². The third-order valence-electron chi connectivity index (χ3n) is 4.48. The molecule has 22 heavy (non-hydrogen) atoms. The molecule has 2 aromatic rings. The van der Waals surface area contributed by atoms with Crippen LogP contribution in [0.3, 0.4) is 0 Å². The molecular weight excluding hydrogens is 276 g/mol. The van der Waals surface area contributed by atoms with Gasteiger partial charge in [0.15, 0.2) is 5.89 Å². The van der Waals surface area contributed by atoms with Gasteiger partial charge in [0.1, 0.15) is 12.0 Å². The molecule has 0 spiro atoms. The molecule has 0 aliphatic carbocycles. The standard InChI is InChI=1S/C18H24N2O2/c1-14-19-16(13-22-14)12-20-11-3-2-4-17(20)8-5-15-6-9-18(21)10-7-15/h6-7,9-10,13,17,21H,2-5,8,11-12H2,1H3/t17-/m0/s1. The van der Waals surface area contributed by atoms with E-state index in [0.29, 0.717) is 11.8 Å². The lowest BCUT2D eigenvalue weighted by Gasteiger charge is -2.35. The molecule has 1 aliphatic heterocycles. The summed E-state index contributed by atoms with van der Waals surface area (Å²) in [5.74, 6) is 1.08. The van der Waals surface area contributed by atoms with Crippen molar-refractivity contribution in [1.29, 1.82) is 0 Å². The summed E-state index contributed by atoms with van der Waals surface area (Å²) in [5.41, 5.74) is 2.33. The van der Waals surface area contributed by atoms with Crippen LogP contribution in [-0.2, 0) is 13.0 Å². The van der Waals surface area contributed by atoms with Crippen LogP contribution in [0.5, 0.6) is 5.75 Å². The Morgan fingerprint density at radius 2 is 2.09 bits per heavy atom. The van der Waals surface area contributed by atoms with E-state index in [1.165, 1.54) is 24.8 Å². The highest BCUT2D eigenvalue weighted by Crippen LogP contribution is 2.23. The summed E-state index contributed by atoms with van der Waals surface area (Å²) in [6.07, 6.45) is 7.83. The van der Waals surface area contributed by atoms with Gasteiger partial charge in [-0.15, -0.1) is 0 Å². The second kappa shape index (κ2) is 6.97. The molecule has 0 bridgehead atoms. The normalized spacial score (nSPS) is 19.4. The average molecular weight is 300 g/mol. The van der Waals surface area contributed by atoms with Crippen LogP contribution in [0.2, 0.25) is 0 Å². The first-order valence-electron chi connectivity index (χ1n) is 8.13. The van der Waals surface area contributed by atoms with E-state index >= 15 is 0 Å². The van der Waals surface area contributed by atoms with Crippen LogP contribution < -0.4 is 0 Å². The maximum absolute atomic E-state index is 9.36. The number of rotatable bonds is 5. The number of nitrogens with zero attached hydrogens (tertiary/aromatic N) is 2. The van der Waals surface area contributed by atoms with Crippen LogP contribution in [0, 0.1) is 6.92 Å². The maximum atomic E-state index is 9.36. The minimum absolute atomic E-state index is 0.337. The summed E-state index contributed by atoms with van der Waals surface area (Å²) in [6, 6.07) is 8.19. The Labute approximate surface area is 131 Å². The highest BCUT2D eigenvalue weighted by Gasteiger charge is 2.23. The minimum atomic E-state index is 0.337. The van der Waals surface area contributed by atoms with Crippen molar-refractivity contribution in [2.75, 3.05) is 6.54 Å². The molecule has 4 nitrogen and oxygen atoms in total. The van der Waals surface area contributed by atoms with Crippen LogP contribution in [0.25, 0.3) is 0 Å². The van der Waals surface area contributed by atoms with Gasteiger partial charge < -0.3 is 9.52 Å². The Balaban J connectivity index is 1.58. The molecule has 3 rings (SSSR count). The number of benzene rings is 1. The first-order valence-corrected chi connectivity index (χ1v) is 8.13. The second-order valence-electron chi connectivity index (χ2n) is 6.18. The van der Waals surface area contributed by atoms with Gasteiger partial charge in [-0.1, -0.05) is 18.6 Å². The number of hydrogen-bond donors (Lipinski definition) is 1. The Morgan fingerprint density at radius 1 is 1.27 bits per heavy atom. The Morgan fingerprint density at radius 3 is 2.82 bits per heavy atom. The van der Waals surface area contributed by atoms with Crippen molar-refractivity contribution in [3.63, 3.8) is 0 Å². The zero-order valence-electron chi connectivity index (χ0n) is 13.2. The maximum Gasteiger partial charge on any atom is 0.191 e. The Kier molecular flexibility index (Phi) is 4.78. The van der Waals surface area contributed by atoms with Gasteiger partial charge in [-0.2, -0.15) is 0 Å². The zero-order chi connectivity index (χ0) is 15.4. The van der Waals surface area contributed by atoms with Gasteiger partial charge in [0.25, 0.3) is 0 Å². The van der Waals surface area contributed by atoms with Crippen molar-refractivity contribution in [2.45, 2.75) is 51.6 Å². The van der Waals surface area contributed by atoms with E-state index in [2.05, 4.69) is 9.88 Å². The number of likely N-dealkylation sites (tertiary alicyclic amines) is 1. The Hall–Kier alpha value is -1.81. The molecular formula is C18H24N2O2. The number of aromatic hydroxyl groups is 1. The fourth-order valence-electron chi connectivity index (χ4n) is 3.28. The van der Waals surface area contributed by atoms with Gasteiger partial charge >= 0.3 is 0 Å². The van der Waals surface area contributed by atoms with Crippen molar-refractivity contribution in [2.24, 2.45) is 0 Å². The molecule has 0 unspecified atom stereocenters. The van der Waals surface area contributed by atoms with Crippen molar-refractivity contribution >= 4 is 0 Å². The first-order chi connectivity index (χ1) is 10.7. The largest absolute Gasteiger partial charge is 0.508 e. The highest BCUT2D eigenvalue weighted by molar-refractivity contribution is 5.25. The first kappa shape index (κ1) is 15.1. The summed E-state index contributed by atoms with van der Waals surface area (Å²) in [6.45, 7) is 3.92. The van der Waals surface area contributed by atoms with Crippen LogP contribution in [0.15, 0.2) is 34.9 Å². The van der Waals surface area contributed by atoms with E-state index < -0.39 is 0 Å². The van der Waals surface area contributed by atoms with Crippen molar-refractivity contribution in [3.8, 4) is 5.75 Å². The summed E-state index contributed by atoms with van der Waals surface area (Å²) < 4.78 is 5.32. The van der Waals surface area contributed by atoms with Crippen LogP contribution in [0.1, 0.15) is 42.8 Å². The number of phenols is 1. The summed E-state index contributed by atoms with van der Waals surface area (Å²) in [7, 11) is 0. The molecule has 1 fully saturated rings. The number of hydrogen-bond acceptors (Lipinski definition) is 4. The molecule has 0 saturated carbocycles. The molecule has 1 saturated heterocycles. The topological polar surface area (TPSA) is 49.5 Å². The van der Waals surface area contributed by atoms with E-state index in [0.717, 1.165) is 37.5 Å². The lowest BCUT2D eigenvalue weighted by molar-refractivity contribution is 0.131. The van der Waals surface area contributed by atoms with Crippen molar-refractivity contribution in [3.05, 3.63) is 47.7 Å². The summed E-state index contributed by atoms with van der Waals surface area (Å²) >= 11 is 0. The Bertz CT molecular complexity index is 591. The van der Waals surface area contributed by atoms with Gasteiger partial charge in [-0.3, -0.25) is 4.90 Å². The SMILES string of the molecule is Cc1nc(CN2CCCC[C@H]2CCc2ccc(O)cc2)co1.